The number of thiazole rings is 1. The fourth-order valence-corrected chi connectivity index (χ4v) is 3.65. The number of para-hydroxylation sites is 1. The van der Waals surface area contributed by atoms with Crippen molar-refractivity contribution in [1.29, 1.82) is 0 Å². The SMILES string of the molecule is COC(=O)c1c(COC(=O)c2sc(C)nc2C)nc2ccccc2c1C. The highest BCUT2D eigenvalue weighted by molar-refractivity contribution is 7.13. The van der Waals surface area contributed by atoms with Crippen molar-refractivity contribution in [3.8, 4) is 0 Å². The first-order chi connectivity index (χ1) is 12.4. The summed E-state index contributed by atoms with van der Waals surface area (Å²) in [6.07, 6.45) is 0. The third-order valence-corrected chi connectivity index (χ3v) is 5.10. The highest BCUT2D eigenvalue weighted by Gasteiger charge is 2.22. The molecule has 0 aliphatic carbocycles. The van der Waals surface area contributed by atoms with Gasteiger partial charge in [0, 0.05) is 5.39 Å². The summed E-state index contributed by atoms with van der Waals surface area (Å²) in [6.45, 7) is 5.31. The largest absolute Gasteiger partial charge is 0.465 e. The number of aryl methyl sites for hydroxylation is 3. The zero-order chi connectivity index (χ0) is 18.8. The summed E-state index contributed by atoms with van der Waals surface area (Å²) in [6, 6.07) is 7.49. The van der Waals surface area contributed by atoms with E-state index in [1.165, 1.54) is 18.4 Å². The minimum atomic E-state index is -0.503. The second-order valence-corrected chi connectivity index (χ2v) is 6.99. The van der Waals surface area contributed by atoms with Crippen molar-refractivity contribution < 1.29 is 19.1 Å². The lowest BCUT2D eigenvalue weighted by atomic mass is 10.0. The van der Waals surface area contributed by atoms with Crippen LogP contribution in [-0.4, -0.2) is 29.0 Å². The summed E-state index contributed by atoms with van der Waals surface area (Å²) < 4.78 is 10.3. The molecule has 3 aromatic rings. The topological polar surface area (TPSA) is 78.4 Å². The number of esters is 2. The Morgan fingerprint density at radius 1 is 1.08 bits per heavy atom. The fraction of sp³-hybridized carbons (Fsp3) is 0.263. The molecule has 0 atom stereocenters. The Kier molecular flexibility index (Phi) is 4.99. The normalized spacial score (nSPS) is 10.8. The van der Waals surface area contributed by atoms with Crippen molar-refractivity contribution in [3.63, 3.8) is 0 Å². The Labute approximate surface area is 154 Å². The zero-order valence-electron chi connectivity index (χ0n) is 15.0. The quantitative estimate of drug-likeness (QED) is 0.651. The standard InChI is InChI=1S/C19H18N2O4S/c1-10-13-7-5-6-8-14(13)21-15(16(10)18(22)24-4)9-25-19(23)17-11(2)20-12(3)26-17/h5-8H,9H2,1-4H3. The molecule has 0 saturated heterocycles. The Hall–Kier alpha value is -2.80. The number of benzene rings is 1. The van der Waals surface area contributed by atoms with Crippen LogP contribution in [0.2, 0.25) is 0 Å². The molecule has 0 aliphatic rings. The van der Waals surface area contributed by atoms with Gasteiger partial charge in [-0.1, -0.05) is 18.2 Å². The predicted octanol–water partition coefficient (Wildman–Crippen LogP) is 3.76. The summed E-state index contributed by atoms with van der Waals surface area (Å²) in [5.74, 6) is -0.979. The molecule has 3 rings (SSSR count). The van der Waals surface area contributed by atoms with Gasteiger partial charge in [-0.2, -0.15) is 0 Å². The molecule has 0 fully saturated rings. The van der Waals surface area contributed by atoms with Gasteiger partial charge in [-0.3, -0.25) is 0 Å². The number of ether oxygens (including phenoxy) is 2. The third kappa shape index (κ3) is 3.30. The number of methoxy groups -OCH3 is 1. The molecule has 0 aliphatic heterocycles. The second-order valence-electron chi connectivity index (χ2n) is 5.79. The van der Waals surface area contributed by atoms with Crippen LogP contribution >= 0.6 is 11.3 Å². The van der Waals surface area contributed by atoms with Crippen LogP contribution in [0.15, 0.2) is 24.3 Å². The van der Waals surface area contributed by atoms with Crippen molar-refractivity contribution in [2.75, 3.05) is 7.11 Å². The molecule has 0 saturated carbocycles. The predicted molar refractivity (Wildman–Crippen MR) is 98.5 cm³/mol. The van der Waals surface area contributed by atoms with E-state index in [9.17, 15) is 9.59 Å². The van der Waals surface area contributed by atoms with Crippen LogP contribution in [-0.2, 0) is 16.1 Å². The molecule has 0 N–H and O–H groups in total. The summed E-state index contributed by atoms with van der Waals surface area (Å²) in [5, 5.41) is 1.65. The van der Waals surface area contributed by atoms with Crippen molar-refractivity contribution >= 4 is 34.2 Å². The number of nitrogens with zero attached hydrogens (tertiary/aromatic N) is 2. The minimum Gasteiger partial charge on any atom is -0.465 e. The fourth-order valence-electron chi connectivity index (χ4n) is 2.84. The maximum absolute atomic E-state index is 12.4. The zero-order valence-corrected chi connectivity index (χ0v) is 15.8. The van der Waals surface area contributed by atoms with Crippen LogP contribution in [0.1, 0.15) is 42.0 Å². The molecular weight excluding hydrogens is 352 g/mol. The van der Waals surface area contributed by atoms with E-state index in [1.807, 2.05) is 38.1 Å². The summed E-state index contributed by atoms with van der Waals surface area (Å²) >= 11 is 1.28. The van der Waals surface area contributed by atoms with E-state index in [1.54, 1.807) is 6.92 Å². The Balaban J connectivity index is 1.97. The van der Waals surface area contributed by atoms with Crippen LogP contribution in [0.5, 0.6) is 0 Å². The van der Waals surface area contributed by atoms with Crippen molar-refractivity contribution in [1.82, 2.24) is 9.97 Å². The number of aromatic nitrogens is 2. The van der Waals surface area contributed by atoms with Gasteiger partial charge in [0.15, 0.2) is 0 Å². The molecule has 26 heavy (non-hydrogen) atoms. The molecule has 7 heteroatoms. The molecule has 0 unspecified atom stereocenters. The van der Waals surface area contributed by atoms with Crippen LogP contribution in [0.4, 0.5) is 0 Å². The maximum atomic E-state index is 12.4. The van der Waals surface area contributed by atoms with Crippen LogP contribution < -0.4 is 0 Å². The highest BCUT2D eigenvalue weighted by Crippen LogP contribution is 2.25. The molecule has 0 bridgehead atoms. The van der Waals surface area contributed by atoms with Crippen molar-refractivity contribution in [2.24, 2.45) is 0 Å². The molecular formula is C19H18N2O4S. The van der Waals surface area contributed by atoms with E-state index in [0.717, 1.165) is 21.5 Å². The number of rotatable bonds is 4. The van der Waals surface area contributed by atoms with E-state index in [0.29, 0.717) is 21.8 Å². The number of hydrogen-bond acceptors (Lipinski definition) is 7. The van der Waals surface area contributed by atoms with E-state index in [2.05, 4.69) is 9.97 Å². The summed E-state index contributed by atoms with van der Waals surface area (Å²) in [7, 11) is 1.32. The molecule has 0 radical (unpaired) electrons. The monoisotopic (exact) mass is 370 g/mol. The lowest BCUT2D eigenvalue weighted by Crippen LogP contribution is -2.14. The van der Waals surface area contributed by atoms with Crippen molar-refractivity contribution in [2.45, 2.75) is 27.4 Å². The number of hydrogen-bond donors (Lipinski definition) is 0. The smallest absolute Gasteiger partial charge is 0.350 e. The Morgan fingerprint density at radius 2 is 1.81 bits per heavy atom. The van der Waals surface area contributed by atoms with E-state index >= 15 is 0 Å². The molecule has 6 nitrogen and oxygen atoms in total. The Bertz CT molecular complexity index is 1010. The van der Waals surface area contributed by atoms with Crippen LogP contribution in [0.3, 0.4) is 0 Å². The molecule has 0 amide bonds. The van der Waals surface area contributed by atoms with Gasteiger partial charge >= 0.3 is 11.9 Å². The first-order valence-electron chi connectivity index (χ1n) is 8.00. The molecule has 2 heterocycles. The number of carbonyl (C=O) groups is 2. The van der Waals surface area contributed by atoms with Gasteiger partial charge in [0.1, 0.15) is 11.5 Å². The summed E-state index contributed by atoms with van der Waals surface area (Å²) in [4.78, 5) is 33.8. The van der Waals surface area contributed by atoms with E-state index in [4.69, 9.17) is 9.47 Å². The maximum Gasteiger partial charge on any atom is 0.350 e. The molecule has 134 valence electrons. The Morgan fingerprint density at radius 3 is 2.46 bits per heavy atom. The lowest BCUT2D eigenvalue weighted by Gasteiger charge is -2.13. The van der Waals surface area contributed by atoms with Crippen LogP contribution in [0.25, 0.3) is 10.9 Å². The molecule has 0 spiro atoms. The second kappa shape index (κ2) is 7.21. The van der Waals surface area contributed by atoms with Gasteiger partial charge in [0.25, 0.3) is 0 Å². The third-order valence-electron chi connectivity index (χ3n) is 4.05. The lowest BCUT2D eigenvalue weighted by molar-refractivity contribution is 0.0460. The number of fused-ring (bicyclic) bond motifs is 1. The molecule has 1 aromatic carbocycles. The number of carbonyl (C=O) groups excluding carboxylic acids is 2. The first-order valence-corrected chi connectivity index (χ1v) is 8.81. The summed E-state index contributed by atoms with van der Waals surface area (Å²) in [5.41, 5.74) is 2.82. The van der Waals surface area contributed by atoms with Crippen molar-refractivity contribution in [3.05, 3.63) is 56.7 Å². The average molecular weight is 370 g/mol. The van der Waals surface area contributed by atoms with E-state index in [-0.39, 0.29) is 6.61 Å². The van der Waals surface area contributed by atoms with Gasteiger partial charge in [-0.05, 0) is 32.4 Å². The van der Waals surface area contributed by atoms with Gasteiger partial charge in [0.05, 0.1) is 34.6 Å². The number of pyridine rings is 1. The molecule has 2 aromatic heterocycles. The first kappa shape index (κ1) is 18.0. The minimum absolute atomic E-state index is 0.120. The van der Waals surface area contributed by atoms with Gasteiger partial charge in [0.2, 0.25) is 0 Å². The average Bonchev–Trinajstić information content (AvgIpc) is 2.97. The van der Waals surface area contributed by atoms with Gasteiger partial charge in [-0.25, -0.2) is 19.6 Å². The van der Waals surface area contributed by atoms with Crippen LogP contribution in [0, 0.1) is 20.8 Å². The van der Waals surface area contributed by atoms with E-state index < -0.39 is 11.9 Å². The van der Waals surface area contributed by atoms with Gasteiger partial charge < -0.3 is 9.47 Å². The van der Waals surface area contributed by atoms with Gasteiger partial charge in [-0.15, -0.1) is 11.3 Å². The highest BCUT2D eigenvalue weighted by atomic mass is 32.1.